The zero-order valence-electron chi connectivity index (χ0n) is 20.1. The van der Waals surface area contributed by atoms with E-state index < -0.39 is 67.8 Å². The smallest absolute Gasteiger partial charge is 0.317 e. The van der Waals surface area contributed by atoms with Crippen LogP contribution in [-0.2, 0) is 33.6 Å². The first-order valence-corrected chi connectivity index (χ1v) is 11.2. The van der Waals surface area contributed by atoms with Gasteiger partial charge in [0.15, 0.2) is 0 Å². The molecule has 0 aromatic heterocycles. The lowest BCUT2D eigenvalue weighted by Crippen LogP contribution is -2.47. The van der Waals surface area contributed by atoms with Gasteiger partial charge >= 0.3 is 23.9 Å². The summed E-state index contributed by atoms with van der Waals surface area (Å²) >= 11 is 0. The molecule has 0 spiro atoms. The van der Waals surface area contributed by atoms with Crippen LogP contribution in [0, 0.1) is 0 Å². The maximum atomic E-state index is 12.5. The van der Waals surface area contributed by atoms with E-state index in [2.05, 4.69) is 5.32 Å². The van der Waals surface area contributed by atoms with Gasteiger partial charge in [-0.15, -0.1) is 0 Å². The number of hydrogen-bond acceptors (Lipinski definition) is 10. The number of hydrogen-bond donors (Lipinski definition) is 5. The second kappa shape index (κ2) is 16.0. The van der Waals surface area contributed by atoms with Crippen LogP contribution in [0.5, 0.6) is 0 Å². The average molecular weight is 530 g/mol. The van der Waals surface area contributed by atoms with Gasteiger partial charge < -0.3 is 25.7 Å². The molecule has 1 aliphatic rings. The van der Waals surface area contributed by atoms with Crippen molar-refractivity contribution in [2.24, 2.45) is 0 Å². The third-order valence-corrected chi connectivity index (χ3v) is 5.05. The fourth-order valence-electron chi connectivity index (χ4n) is 3.40. The SMILES string of the molecule is O=C(O)CN(CCN(CCN(CC(=O)O)CC(=O)O)CC(=O)NCCCN1C(=O)C=CC1=O)CC(=O)O. The molecular weight excluding hydrogens is 498 g/mol. The number of amides is 3. The van der Waals surface area contributed by atoms with E-state index in [1.807, 2.05) is 0 Å². The molecule has 16 nitrogen and oxygen atoms in total. The van der Waals surface area contributed by atoms with Crippen molar-refractivity contribution in [1.29, 1.82) is 0 Å². The highest BCUT2D eigenvalue weighted by atomic mass is 16.4. The first-order chi connectivity index (χ1) is 17.4. The summed E-state index contributed by atoms with van der Waals surface area (Å²) < 4.78 is 0. The Kier molecular flexibility index (Phi) is 13.4. The molecule has 0 saturated heterocycles. The Labute approximate surface area is 211 Å². The van der Waals surface area contributed by atoms with Crippen molar-refractivity contribution >= 4 is 41.6 Å². The van der Waals surface area contributed by atoms with Crippen LogP contribution in [0.25, 0.3) is 0 Å². The summed E-state index contributed by atoms with van der Waals surface area (Å²) in [6.07, 6.45) is 2.59. The van der Waals surface area contributed by atoms with Crippen molar-refractivity contribution in [3.8, 4) is 0 Å². The Bertz CT molecular complexity index is 817. The van der Waals surface area contributed by atoms with Crippen molar-refractivity contribution in [2.75, 3.05) is 72.0 Å². The van der Waals surface area contributed by atoms with Gasteiger partial charge in [0, 0.05) is 51.4 Å². The monoisotopic (exact) mass is 529 g/mol. The molecule has 5 N–H and O–H groups in total. The van der Waals surface area contributed by atoms with E-state index in [-0.39, 0.29) is 45.8 Å². The van der Waals surface area contributed by atoms with E-state index in [9.17, 15) is 33.6 Å². The number of aliphatic carboxylic acids is 4. The van der Waals surface area contributed by atoms with Crippen LogP contribution in [0.1, 0.15) is 6.42 Å². The van der Waals surface area contributed by atoms with Crippen LogP contribution in [0.3, 0.4) is 0 Å². The van der Waals surface area contributed by atoms with Gasteiger partial charge in [0.25, 0.3) is 11.8 Å². The summed E-state index contributed by atoms with van der Waals surface area (Å²) in [5.41, 5.74) is 0. The van der Waals surface area contributed by atoms with Crippen LogP contribution >= 0.6 is 0 Å². The fraction of sp³-hybridized carbons (Fsp3) is 0.571. The molecule has 206 valence electrons. The van der Waals surface area contributed by atoms with Crippen molar-refractivity contribution < 1.29 is 54.0 Å². The number of carbonyl (C=O) groups is 7. The predicted molar refractivity (Wildman–Crippen MR) is 123 cm³/mol. The van der Waals surface area contributed by atoms with Gasteiger partial charge in [-0.05, 0) is 6.42 Å². The summed E-state index contributed by atoms with van der Waals surface area (Å²) in [7, 11) is 0. The molecule has 16 heteroatoms. The minimum atomic E-state index is -1.25. The molecule has 0 aliphatic carbocycles. The quantitative estimate of drug-likeness (QED) is 0.0768. The number of imide groups is 1. The van der Waals surface area contributed by atoms with Crippen LogP contribution in [0.15, 0.2) is 12.2 Å². The summed E-state index contributed by atoms with van der Waals surface area (Å²) in [5, 5.41) is 38.6. The minimum Gasteiger partial charge on any atom is -0.480 e. The zero-order valence-corrected chi connectivity index (χ0v) is 20.1. The highest BCUT2D eigenvalue weighted by Gasteiger charge is 2.23. The number of nitrogens with one attached hydrogen (secondary N) is 1. The molecule has 0 radical (unpaired) electrons. The number of carboxylic acids is 4. The fourth-order valence-corrected chi connectivity index (χ4v) is 3.40. The maximum Gasteiger partial charge on any atom is 0.317 e. The Balaban J connectivity index is 2.72. The zero-order chi connectivity index (χ0) is 28.0. The minimum absolute atomic E-state index is 0.0322. The summed E-state index contributed by atoms with van der Waals surface area (Å²) in [6, 6.07) is 0. The van der Waals surface area contributed by atoms with Crippen LogP contribution in [-0.4, -0.2) is 154 Å². The Morgan fingerprint density at radius 1 is 0.649 bits per heavy atom. The second-order valence-electron chi connectivity index (χ2n) is 8.14. The number of rotatable bonds is 20. The molecule has 0 fully saturated rings. The van der Waals surface area contributed by atoms with E-state index in [4.69, 9.17) is 20.4 Å². The molecule has 1 heterocycles. The van der Waals surface area contributed by atoms with Crippen molar-refractivity contribution in [3.63, 3.8) is 0 Å². The topological polar surface area (TPSA) is 225 Å². The van der Waals surface area contributed by atoms with E-state index in [1.54, 1.807) is 0 Å². The van der Waals surface area contributed by atoms with Crippen LogP contribution in [0.4, 0.5) is 0 Å². The number of carbonyl (C=O) groups excluding carboxylic acids is 3. The summed E-state index contributed by atoms with van der Waals surface area (Å²) in [5.74, 6) is -6.34. The van der Waals surface area contributed by atoms with Crippen LogP contribution < -0.4 is 5.32 Å². The van der Waals surface area contributed by atoms with Gasteiger partial charge in [-0.1, -0.05) is 0 Å². The molecule has 0 unspecified atom stereocenters. The normalized spacial score (nSPS) is 13.1. The number of carboxylic acid groups (broad SMARTS) is 4. The van der Waals surface area contributed by atoms with E-state index >= 15 is 0 Å². The average Bonchev–Trinajstić information content (AvgIpc) is 3.08. The van der Waals surface area contributed by atoms with E-state index in [0.717, 1.165) is 26.9 Å². The highest BCUT2D eigenvalue weighted by molar-refractivity contribution is 6.12. The molecule has 0 aromatic rings. The molecule has 37 heavy (non-hydrogen) atoms. The first-order valence-electron chi connectivity index (χ1n) is 11.2. The first kappa shape index (κ1) is 31.1. The maximum absolute atomic E-state index is 12.5. The molecule has 3 amide bonds. The predicted octanol–water partition coefficient (Wildman–Crippen LogP) is -3.34. The van der Waals surface area contributed by atoms with Gasteiger partial charge in [-0.3, -0.25) is 53.2 Å². The van der Waals surface area contributed by atoms with E-state index in [1.165, 1.54) is 4.90 Å². The molecule has 0 aromatic carbocycles. The van der Waals surface area contributed by atoms with Gasteiger partial charge in [0.05, 0.1) is 32.7 Å². The summed E-state index contributed by atoms with van der Waals surface area (Å²) in [4.78, 5) is 84.5. The largest absolute Gasteiger partial charge is 0.480 e. The molecule has 1 aliphatic heterocycles. The highest BCUT2D eigenvalue weighted by Crippen LogP contribution is 2.03. The van der Waals surface area contributed by atoms with Crippen molar-refractivity contribution in [3.05, 3.63) is 12.2 Å². The molecule has 0 atom stereocenters. The third kappa shape index (κ3) is 13.7. The standard InChI is InChI=1S/C21H31N5O11/c27-15(22-4-1-5-26-16(28)2-3-17(26)29)10-23(6-8-24(11-18(30)31)12-19(32)33)7-9-25(13-20(34)35)14-21(36)37/h2-3H,1,4-14H2,(H,22,27)(H,30,31)(H,32,33)(H,34,35)(H,36,37). The lowest BCUT2D eigenvalue weighted by Gasteiger charge is -2.28. The lowest BCUT2D eigenvalue weighted by atomic mass is 10.3. The molecular formula is C21H31N5O11. The summed E-state index contributed by atoms with van der Waals surface area (Å²) in [6.45, 7) is -2.24. The van der Waals surface area contributed by atoms with Gasteiger partial charge in [-0.25, -0.2) is 0 Å². The molecule has 1 rings (SSSR count). The Morgan fingerprint density at radius 2 is 1.03 bits per heavy atom. The van der Waals surface area contributed by atoms with Crippen molar-refractivity contribution in [1.82, 2.24) is 24.9 Å². The molecule has 0 saturated carbocycles. The van der Waals surface area contributed by atoms with E-state index in [0.29, 0.717) is 6.42 Å². The lowest BCUT2D eigenvalue weighted by molar-refractivity contribution is -0.143. The van der Waals surface area contributed by atoms with Gasteiger partial charge in [-0.2, -0.15) is 0 Å². The number of nitrogens with zero attached hydrogens (tertiary/aromatic N) is 4. The van der Waals surface area contributed by atoms with Crippen molar-refractivity contribution in [2.45, 2.75) is 6.42 Å². The molecule has 0 bridgehead atoms. The van der Waals surface area contributed by atoms with Crippen LogP contribution in [0.2, 0.25) is 0 Å². The van der Waals surface area contributed by atoms with Gasteiger partial charge in [0.2, 0.25) is 5.91 Å². The van der Waals surface area contributed by atoms with Gasteiger partial charge in [0.1, 0.15) is 0 Å². The Morgan fingerprint density at radius 3 is 1.41 bits per heavy atom. The third-order valence-electron chi connectivity index (χ3n) is 5.05. The Hall–Kier alpha value is -3.89. The second-order valence-corrected chi connectivity index (χ2v) is 8.14.